The molecule has 2 aromatic rings. The van der Waals surface area contributed by atoms with Gasteiger partial charge in [-0.3, -0.25) is 0 Å². The van der Waals surface area contributed by atoms with Crippen LogP contribution in [-0.4, -0.2) is 30.3 Å². The lowest BCUT2D eigenvalue weighted by Crippen LogP contribution is -2.07. The normalized spacial score (nSPS) is 10.3. The molecule has 2 aromatic heterocycles. The van der Waals surface area contributed by atoms with Crippen molar-refractivity contribution in [3.05, 3.63) is 47.0 Å². The highest BCUT2D eigenvalue weighted by Gasteiger charge is 2.18. The summed E-state index contributed by atoms with van der Waals surface area (Å²) in [6, 6.07) is 4.82. The highest BCUT2D eigenvalue weighted by Crippen LogP contribution is 2.20. The molecule has 0 aliphatic carbocycles. The van der Waals surface area contributed by atoms with Gasteiger partial charge in [-0.2, -0.15) is 0 Å². The minimum absolute atomic E-state index is 0.0701. The van der Waals surface area contributed by atoms with Gasteiger partial charge in [0.25, 0.3) is 0 Å². The van der Waals surface area contributed by atoms with E-state index in [0.29, 0.717) is 27.7 Å². The smallest absolute Gasteiger partial charge is 0.341 e. The highest BCUT2D eigenvalue weighted by molar-refractivity contribution is 7.98. The Labute approximate surface area is 131 Å². The summed E-state index contributed by atoms with van der Waals surface area (Å²) in [5, 5.41) is 0.596. The van der Waals surface area contributed by atoms with Gasteiger partial charge in [-0.25, -0.2) is 14.6 Å². The molecule has 0 saturated heterocycles. The van der Waals surface area contributed by atoms with Gasteiger partial charge in [0, 0.05) is 6.20 Å². The van der Waals surface area contributed by atoms with Crippen LogP contribution in [0.4, 0.5) is 0 Å². The number of thioether (sulfide) groups is 1. The predicted molar refractivity (Wildman–Crippen MR) is 79.9 cm³/mol. The number of rotatable bonds is 5. The fourth-order valence-electron chi connectivity index (χ4n) is 1.85. The molecule has 0 atom stereocenters. The molecule has 7 heteroatoms. The second-order valence-electron chi connectivity index (χ2n) is 4.31. The number of carbonyl (C=O) groups excluding carboxylic acids is 2. The molecular formula is C15H15NO5S. The third-order valence-electron chi connectivity index (χ3n) is 2.90. The molecule has 0 saturated carbocycles. The van der Waals surface area contributed by atoms with Crippen molar-refractivity contribution >= 4 is 23.7 Å². The zero-order valence-corrected chi connectivity index (χ0v) is 13.2. The van der Waals surface area contributed by atoms with E-state index in [1.54, 1.807) is 25.3 Å². The van der Waals surface area contributed by atoms with Crippen LogP contribution in [-0.2, 0) is 16.1 Å². The second-order valence-corrected chi connectivity index (χ2v) is 5.11. The van der Waals surface area contributed by atoms with Crippen LogP contribution in [0.3, 0.4) is 0 Å². The lowest BCUT2D eigenvalue weighted by molar-refractivity contribution is 0.0439. The molecule has 0 spiro atoms. The Bertz CT molecular complexity index is 695. The second kappa shape index (κ2) is 7.13. The van der Waals surface area contributed by atoms with E-state index in [4.69, 9.17) is 9.15 Å². The summed E-state index contributed by atoms with van der Waals surface area (Å²) in [6.45, 7) is 1.57. The van der Waals surface area contributed by atoms with E-state index >= 15 is 0 Å². The number of furan rings is 1. The highest BCUT2D eigenvalue weighted by atomic mass is 32.2. The Morgan fingerprint density at radius 1 is 1.32 bits per heavy atom. The monoisotopic (exact) mass is 321 g/mol. The maximum absolute atomic E-state index is 12.1. The molecule has 0 aromatic carbocycles. The van der Waals surface area contributed by atoms with Crippen molar-refractivity contribution in [2.75, 3.05) is 13.4 Å². The summed E-state index contributed by atoms with van der Waals surface area (Å²) < 4.78 is 15.2. The summed E-state index contributed by atoms with van der Waals surface area (Å²) in [4.78, 5) is 27.7. The fourth-order valence-corrected chi connectivity index (χ4v) is 2.39. The summed E-state index contributed by atoms with van der Waals surface area (Å²) in [7, 11) is 1.29. The van der Waals surface area contributed by atoms with E-state index < -0.39 is 11.9 Å². The summed E-state index contributed by atoms with van der Waals surface area (Å²) in [6.07, 6.45) is 3.44. The summed E-state index contributed by atoms with van der Waals surface area (Å²) in [5.74, 6) is -0.188. The topological polar surface area (TPSA) is 78.6 Å². The summed E-state index contributed by atoms with van der Waals surface area (Å²) in [5.41, 5.74) is 0.714. The number of ether oxygens (including phenoxy) is 2. The molecule has 0 unspecified atom stereocenters. The van der Waals surface area contributed by atoms with Crippen LogP contribution in [0.15, 0.2) is 33.8 Å². The van der Waals surface area contributed by atoms with Crippen molar-refractivity contribution in [2.45, 2.75) is 18.6 Å². The van der Waals surface area contributed by atoms with Crippen LogP contribution in [0.25, 0.3) is 0 Å². The fraction of sp³-hybridized carbons (Fsp3) is 0.267. The predicted octanol–water partition coefficient (Wildman–Crippen LogP) is 2.85. The van der Waals surface area contributed by atoms with Gasteiger partial charge in [-0.1, -0.05) is 0 Å². The van der Waals surface area contributed by atoms with Gasteiger partial charge < -0.3 is 13.9 Å². The number of aryl methyl sites for hydroxylation is 1. The van der Waals surface area contributed by atoms with Crippen LogP contribution >= 0.6 is 11.8 Å². The number of pyridine rings is 1. The van der Waals surface area contributed by atoms with E-state index in [-0.39, 0.29) is 6.61 Å². The molecule has 116 valence electrons. The van der Waals surface area contributed by atoms with Crippen LogP contribution in [0.1, 0.15) is 32.2 Å². The van der Waals surface area contributed by atoms with Crippen molar-refractivity contribution in [1.82, 2.24) is 4.98 Å². The minimum atomic E-state index is -0.494. The lowest BCUT2D eigenvalue weighted by atomic mass is 10.2. The van der Waals surface area contributed by atoms with Gasteiger partial charge in [0.1, 0.15) is 28.7 Å². The molecule has 2 rings (SSSR count). The SMILES string of the molecule is COC(=O)c1cc(COC(=O)c2cccnc2SC)oc1C. The van der Waals surface area contributed by atoms with E-state index in [1.807, 2.05) is 6.26 Å². The van der Waals surface area contributed by atoms with Crippen molar-refractivity contribution < 1.29 is 23.5 Å². The zero-order chi connectivity index (χ0) is 16.1. The van der Waals surface area contributed by atoms with Crippen molar-refractivity contribution in [3.63, 3.8) is 0 Å². The molecule has 6 nitrogen and oxygen atoms in total. The molecule has 22 heavy (non-hydrogen) atoms. The number of hydrogen-bond acceptors (Lipinski definition) is 7. The van der Waals surface area contributed by atoms with Gasteiger partial charge in [0.05, 0.1) is 12.7 Å². The molecule has 0 fully saturated rings. The summed E-state index contributed by atoms with van der Waals surface area (Å²) >= 11 is 1.36. The number of esters is 2. The molecule has 0 aliphatic rings. The van der Waals surface area contributed by atoms with Gasteiger partial charge in [0.15, 0.2) is 0 Å². The van der Waals surface area contributed by atoms with Gasteiger partial charge in [0.2, 0.25) is 0 Å². The quantitative estimate of drug-likeness (QED) is 0.619. The van der Waals surface area contributed by atoms with Crippen molar-refractivity contribution in [3.8, 4) is 0 Å². The molecule has 0 N–H and O–H groups in total. The number of nitrogens with zero attached hydrogens (tertiary/aromatic N) is 1. The molecule has 2 heterocycles. The van der Waals surface area contributed by atoms with E-state index in [2.05, 4.69) is 9.72 Å². The molecular weight excluding hydrogens is 306 g/mol. The standard InChI is InChI=1S/C15H15NO5S/c1-9-12(14(17)19-2)7-10(21-9)8-20-15(18)11-5-4-6-16-13(11)22-3/h4-7H,8H2,1-3H3. The first kappa shape index (κ1) is 16.1. The Morgan fingerprint density at radius 2 is 2.09 bits per heavy atom. The maximum atomic E-state index is 12.1. The first-order chi connectivity index (χ1) is 10.6. The van der Waals surface area contributed by atoms with Gasteiger partial charge >= 0.3 is 11.9 Å². The number of aromatic nitrogens is 1. The number of methoxy groups -OCH3 is 1. The van der Waals surface area contributed by atoms with Crippen molar-refractivity contribution in [1.29, 1.82) is 0 Å². The zero-order valence-electron chi connectivity index (χ0n) is 12.4. The first-order valence-corrected chi connectivity index (χ1v) is 7.63. The molecule has 0 amide bonds. The van der Waals surface area contributed by atoms with Crippen LogP contribution in [0.2, 0.25) is 0 Å². The minimum Gasteiger partial charge on any atom is -0.465 e. The Hall–Kier alpha value is -2.28. The van der Waals surface area contributed by atoms with E-state index in [9.17, 15) is 9.59 Å². The largest absolute Gasteiger partial charge is 0.465 e. The van der Waals surface area contributed by atoms with Crippen LogP contribution < -0.4 is 0 Å². The van der Waals surface area contributed by atoms with E-state index in [1.165, 1.54) is 24.9 Å². The Balaban J connectivity index is 2.07. The maximum Gasteiger partial charge on any atom is 0.341 e. The lowest BCUT2D eigenvalue weighted by Gasteiger charge is -2.05. The average molecular weight is 321 g/mol. The van der Waals surface area contributed by atoms with E-state index in [0.717, 1.165) is 0 Å². The third kappa shape index (κ3) is 3.48. The Morgan fingerprint density at radius 3 is 2.77 bits per heavy atom. The number of hydrogen-bond donors (Lipinski definition) is 0. The molecule has 0 bridgehead atoms. The first-order valence-electron chi connectivity index (χ1n) is 6.40. The number of carbonyl (C=O) groups is 2. The van der Waals surface area contributed by atoms with Gasteiger partial charge in [-0.15, -0.1) is 11.8 Å². The van der Waals surface area contributed by atoms with Gasteiger partial charge in [-0.05, 0) is 31.4 Å². The van der Waals surface area contributed by atoms with Crippen molar-refractivity contribution in [2.24, 2.45) is 0 Å². The average Bonchev–Trinajstić information content (AvgIpc) is 2.92. The molecule has 0 aliphatic heterocycles. The third-order valence-corrected chi connectivity index (χ3v) is 3.62. The van der Waals surface area contributed by atoms with Crippen LogP contribution in [0, 0.1) is 6.92 Å². The Kier molecular flexibility index (Phi) is 5.21. The van der Waals surface area contributed by atoms with Crippen LogP contribution in [0.5, 0.6) is 0 Å². The molecule has 0 radical (unpaired) electrons.